The van der Waals surface area contributed by atoms with Crippen LogP contribution in [0.25, 0.3) is 5.57 Å². The third-order valence-electron chi connectivity index (χ3n) is 2.25. The second-order valence-electron chi connectivity index (χ2n) is 3.31. The fourth-order valence-electron chi connectivity index (χ4n) is 1.41. The second-order valence-corrected chi connectivity index (χ2v) is 5.58. The quantitative estimate of drug-likeness (QED) is 0.298. The number of benzene rings is 1. The first-order valence-electron chi connectivity index (χ1n) is 4.45. The molecule has 0 unspecified atom stereocenters. The molecule has 1 heterocycles. The summed E-state index contributed by atoms with van der Waals surface area (Å²) in [6, 6.07) is 0. The van der Waals surface area contributed by atoms with Crippen molar-refractivity contribution in [2.75, 3.05) is 0 Å². The van der Waals surface area contributed by atoms with E-state index in [1.165, 1.54) is 0 Å². The molecule has 100 valence electrons. The molecule has 0 bridgehead atoms. The summed E-state index contributed by atoms with van der Waals surface area (Å²) in [5.41, 5.74) is -0.397. The van der Waals surface area contributed by atoms with Gasteiger partial charge in [-0.15, -0.1) is 0 Å². The van der Waals surface area contributed by atoms with Crippen LogP contribution in [0.5, 0.6) is 0 Å². The van der Waals surface area contributed by atoms with E-state index in [9.17, 15) is 9.59 Å². The molecule has 0 spiro atoms. The van der Waals surface area contributed by atoms with Gasteiger partial charge in [-0.25, -0.2) is 9.59 Å². The van der Waals surface area contributed by atoms with E-state index in [-0.39, 0.29) is 36.2 Å². The Morgan fingerprint density at radius 3 is 1.42 bits per heavy atom. The van der Waals surface area contributed by atoms with Gasteiger partial charge in [-0.1, -0.05) is 69.6 Å². The highest BCUT2D eigenvalue weighted by molar-refractivity contribution is 6.59. The van der Waals surface area contributed by atoms with Gasteiger partial charge in [0.2, 0.25) is 0 Å². The van der Waals surface area contributed by atoms with E-state index in [1.54, 1.807) is 0 Å². The number of hydrogen-bond acceptors (Lipinski definition) is 3. The van der Waals surface area contributed by atoms with E-state index in [4.69, 9.17) is 69.6 Å². The Balaban J connectivity index is 2.86. The molecule has 3 nitrogen and oxygen atoms in total. The molecule has 1 aromatic carbocycles. The van der Waals surface area contributed by atoms with Crippen molar-refractivity contribution in [3.8, 4) is 0 Å². The Bertz CT molecular complexity index is 635. The number of rotatable bonds is 1. The van der Waals surface area contributed by atoms with Gasteiger partial charge in [-0.3, -0.25) is 0 Å². The Labute approximate surface area is 136 Å². The van der Waals surface area contributed by atoms with Crippen LogP contribution in [0, 0.1) is 0 Å². The third kappa shape index (κ3) is 2.33. The van der Waals surface area contributed by atoms with Crippen molar-refractivity contribution in [2.45, 2.75) is 0 Å². The van der Waals surface area contributed by atoms with Crippen molar-refractivity contribution < 1.29 is 14.3 Å². The predicted octanol–water partition coefficient (Wildman–Crippen LogP) is 4.99. The summed E-state index contributed by atoms with van der Waals surface area (Å²) < 4.78 is 4.34. The molecule has 0 N–H and O–H groups in total. The molecule has 0 aliphatic carbocycles. The highest BCUT2D eigenvalue weighted by atomic mass is 35.5. The van der Waals surface area contributed by atoms with Crippen LogP contribution in [0.15, 0.2) is 5.03 Å². The van der Waals surface area contributed by atoms with Crippen LogP contribution in [0.3, 0.4) is 0 Å². The van der Waals surface area contributed by atoms with Gasteiger partial charge >= 0.3 is 11.9 Å². The van der Waals surface area contributed by atoms with Gasteiger partial charge in [0.05, 0.1) is 30.7 Å². The first kappa shape index (κ1) is 15.2. The number of hydrogen-bond donors (Lipinski definition) is 0. The van der Waals surface area contributed by atoms with Gasteiger partial charge in [-0.2, -0.15) is 0 Å². The van der Waals surface area contributed by atoms with Crippen LogP contribution in [-0.4, -0.2) is 11.9 Å². The molecule has 0 aromatic heterocycles. The lowest BCUT2D eigenvalue weighted by atomic mass is 10.1. The average Bonchev–Trinajstić information content (AvgIpc) is 2.61. The third-order valence-corrected chi connectivity index (χ3v) is 4.87. The summed E-state index contributed by atoms with van der Waals surface area (Å²) in [5.74, 6) is -2.00. The lowest BCUT2D eigenvalue weighted by Crippen LogP contribution is -2.02. The molecule has 1 aromatic rings. The molecule has 0 saturated carbocycles. The van der Waals surface area contributed by atoms with Gasteiger partial charge in [0.1, 0.15) is 5.03 Å². The number of cyclic esters (lactones) is 2. The summed E-state index contributed by atoms with van der Waals surface area (Å²) in [5, 5.41) is -1.06. The van der Waals surface area contributed by atoms with E-state index in [0.717, 1.165) is 0 Å². The Morgan fingerprint density at radius 1 is 0.632 bits per heavy atom. The number of ether oxygens (including phenoxy) is 1. The maximum Gasteiger partial charge on any atom is 0.358 e. The van der Waals surface area contributed by atoms with Crippen molar-refractivity contribution in [1.82, 2.24) is 0 Å². The summed E-state index contributed by atoms with van der Waals surface area (Å²) in [6.07, 6.45) is 0. The highest BCUT2D eigenvalue weighted by Crippen LogP contribution is 2.48. The molecule has 9 heteroatoms. The van der Waals surface area contributed by atoms with E-state index in [0.29, 0.717) is 0 Å². The number of carbonyl (C=O) groups is 2. The molecule has 0 amide bonds. The van der Waals surface area contributed by atoms with Crippen LogP contribution in [-0.2, 0) is 14.3 Å². The Hall–Kier alpha value is -0.160. The smallest absolute Gasteiger partial charge is 0.358 e. The van der Waals surface area contributed by atoms with Crippen molar-refractivity contribution in [2.24, 2.45) is 0 Å². The predicted molar refractivity (Wildman–Crippen MR) is 75.4 cm³/mol. The van der Waals surface area contributed by atoms with Crippen LogP contribution < -0.4 is 0 Å². The normalized spacial score (nSPS) is 15.3. The average molecular weight is 381 g/mol. The Morgan fingerprint density at radius 2 is 1.05 bits per heavy atom. The van der Waals surface area contributed by atoms with Crippen molar-refractivity contribution >= 4 is 87.1 Å². The summed E-state index contributed by atoms with van der Waals surface area (Å²) in [7, 11) is 0. The van der Waals surface area contributed by atoms with Crippen LogP contribution >= 0.6 is 69.6 Å². The van der Waals surface area contributed by atoms with Crippen LogP contribution in [0.1, 0.15) is 5.56 Å². The van der Waals surface area contributed by atoms with Gasteiger partial charge in [0, 0.05) is 5.56 Å². The topological polar surface area (TPSA) is 43.4 Å². The van der Waals surface area contributed by atoms with Crippen molar-refractivity contribution in [3.63, 3.8) is 0 Å². The minimum atomic E-state index is -1.00. The van der Waals surface area contributed by atoms with E-state index >= 15 is 0 Å². The van der Waals surface area contributed by atoms with E-state index in [1.807, 2.05) is 0 Å². The van der Waals surface area contributed by atoms with Gasteiger partial charge in [0.15, 0.2) is 0 Å². The lowest BCUT2D eigenvalue weighted by molar-refractivity contribution is -0.149. The molecule has 19 heavy (non-hydrogen) atoms. The van der Waals surface area contributed by atoms with Crippen LogP contribution in [0.4, 0.5) is 0 Å². The number of halogens is 6. The summed E-state index contributed by atoms with van der Waals surface area (Å²) in [4.78, 5) is 22.8. The van der Waals surface area contributed by atoms with Crippen molar-refractivity contribution in [3.05, 3.63) is 35.7 Å². The summed E-state index contributed by atoms with van der Waals surface area (Å²) in [6.45, 7) is 0. The fourth-order valence-corrected chi connectivity index (χ4v) is 2.95. The maximum absolute atomic E-state index is 11.6. The maximum atomic E-state index is 11.6. The molecule has 0 radical (unpaired) electrons. The summed E-state index contributed by atoms with van der Waals surface area (Å²) >= 11 is 35.1. The molecule has 1 aliphatic heterocycles. The highest BCUT2D eigenvalue weighted by Gasteiger charge is 2.37. The van der Waals surface area contributed by atoms with Gasteiger partial charge in [-0.05, 0) is 0 Å². The van der Waals surface area contributed by atoms with Gasteiger partial charge < -0.3 is 4.74 Å². The first-order chi connectivity index (χ1) is 8.77. The number of carbonyl (C=O) groups excluding carboxylic acids is 2. The standard InChI is InChI=1S/C10Cl6O3/c11-3-1(2-5(13)10(18)19-9(2)17)4(12)7(15)8(16)6(3)14. The van der Waals surface area contributed by atoms with E-state index < -0.39 is 17.0 Å². The largest absolute Gasteiger partial charge is 0.385 e. The molecular formula is C10Cl6O3. The Kier molecular flexibility index (Phi) is 4.26. The fraction of sp³-hybridized carbons (Fsp3) is 0. The lowest BCUT2D eigenvalue weighted by Gasteiger charge is -2.11. The SMILES string of the molecule is O=C1OC(=O)C(c2c(Cl)c(Cl)c(Cl)c(Cl)c2Cl)=C1Cl. The monoisotopic (exact) mass is 378 g/mol. The zero-order valence-corrected chi connectivity index (χ0v) is 13.0. The molecule has 0 saturated heterocycles. The molecule has 0 atom stereocenters. The minimum absolute atomic E-state index is 0.0727. The molecule has 0 fully saturated rings. The zero-order valence-electron chi connectivity index (χ0n) is 8.49. The minimum Gasteiger partial charge on any atom is -0.385 e. The molecule has 1 aliphatic rings. The zero-order chi connectivity index (χ0) is 14.5. The molecular weight excluding hydrogens is 381 g/mol. The number of esters is 2. The second kappa shape index (κ2) is 5.32. The van der Waals surface area contributed by atoms with Gasteiger partial charge in [0.25, 0.3) is 0 Å². The van der Waals surface area contributed by atoms with E-state index in [2.05, 4.69) is 4.74 Å². The molecule has 2 rings (SSSR count). The van der Waals surface area contributed by atoms with Crippen molar-refractivity contribution in [1.29, 1.82) is 0 Å². The van der Waals surface area contributed by atoms with Crippen LogP contribution in [0.2, 0.25) is 25.1 Å². The first-order valence-corrected chi connectivity index (χ1v) is 6.72.